The zero-order valence-electron chi connectivity index (χ0n) is 20.0. The molecule has 210 valence electrons. The average Bonchev–Trinajstić information content (AvgIpc) is 2.88. The van der Waals surface area contributed by atoms with Crippen molar-refractivity contribution in [1.29, 1.82) is 0 Å². The Hall–Kier alpha value is -4.49. The Morgan fingerprint density at radius 3 is 2.21 bits per heavy atom. The van der Waals surface area contributed by atoms with Crippen LogP contribution in [0.4, 0.5) is 4.79 Å². The molecule has 1 saturated heterocycles. The first-order chi connectivity index (χ1) is 18.0. The van der Waals surface area contributed by atoms with Crippen molar-refractivity contribution < 1.29 is 39.0 Å². The fraction of sp³-hybridized carbons (Fsp3) is 0.526. The molecule has 15 N–H and O–H groups in total. The maximum Gasteiger partial charge on any atom is 0.316 e. The number of carbonyl (C=O) groups excluding carboxylic acids is 6. The summed E-state index contributed by atoms with van der Waals surface area (Å²) in [6, 6.07) is -8.01. The second-order valence-electron chi connectivity index (χ2n) is 8.14. The molecule has 0 saturated carbocycles. The molecule has 0 aromatic rings. The number of nitrogens with one attached hydrogen (secondary N) is 7. The molecule has 0 spiro atoms. The smallest absolute Gasteiger partial charge is 0.316 e. The lowest BCUT2D eigenvalue weighted by Gasteiger charge is -2.29. The summed E-state index contributed by atoms with van der Waals surface area (Å²) in [5.74, 6) is -5.04. The van der Waals surface area contributed by atoms with Crippen LogP contribution >= 0.6 is 0 Å². The number of aliphatic hydroxyl groups is 2. The number of guanidine groups is 1. The van der Waals surface area contributed by atoms with Crippen molar-refractivity contribution in [3.8, 4) is 0 Å². The molecule has 5 atom stereocenters. The maximum atomic E-state index is 13.1. The number of carbonyl (C=O) groups is 6. The molecular formula is C19H31N11O8. The van der Waals surface area contributed by atoms with E-state index in [4.69, 9.17) is 17.2 Å². The lowest BCUT2D eigenvalue weighted by Crippen LogP contribution is -2.61. The highest BCUT2D eigenvalue weighted by atomic mass is 16.3. The summed E-state index contributed by atoms with van der Waals surface area (Å²) >= 11 is 0. The van der Waals surface area contributed by atoms with Crippen molar-refractivity contribution in [2.24, 2.45) is 22.2 Å². The predicted molar refractivity (Wildman–Crippen MR) is 128 cm³/mol. The van der Waals surface area contributed by atoms with E-state index in [0.717, 1.165) is 6.20 Å². The van der Waals surface area contributed by atoms with Crippen LogP contribution in [0.1, 0.15) is 6.42 Å². The number of amides is 7. The van der Waals surface area contributed by atoms with Gasteiger partial charge < -0.3 is 64.6 Å². The number of hydrogen-bond donors (Lipinski definition) is 12. The largest absolute Gasteiger partial charge is 0.394 e. The van der Waals surface area contributed by atoms with E-state index in [1.54, 1.807) is 0 Å². The van der Waals surface area contributed by atoms with Gasteiger partial charge in [-0.2, -0.15) is 0 Å². The van der Waals surface area contributed by atoms with Crippen molar-refractivity contribution in [3.05, 3.63) is 11.9 Å². The zero-order valence-corrected chi connectivity index (χ0v) is 20.0. The predicted octanol–water partition coefficient (Wildman–Crippen LogP) is -7.82. The highest BCUT2D eigenvalue weighted by Gasteiger charge is 2.34. The van der Waals surface area contributed by atoms with Gasteiger partial charge in [0.2, 0.25) is 23.6 Å². The van der Waals surface area contributed by atoms with E-state index in [9.17, 15) is 39.0 Å². The van der Waals surface area contributed by atoms with Gasteiger partial charge in [0.1, 0.15) is 29.9 Å². The van der Waals surface area contributed by atoms with E-state index < -0.39 is 91.2 Å². The summed E-state index contributed by atoms with van der Waals surface area (Å²) in [4.78, 5) is 79.1. The van der Waals surface area contributed by atoms with Crippen LogP contribution in [-0.4, -0.2) is 108 Å². The van der Waals surface area contributed by atoms with E-state index >= 15 is 0 Å². The standard InChI is InChI=1S/C19H31N11O8/c20-7-3-24-17(37)12(8-1-2-23-18(21)29-8)30-14(34)9(4-25-19(22)38)26-15(35)11(6-32)28-16(36)10(5-31)27-13(7)33/h4,7-8,10-12,31-32H,1-3,5-6,20H2,(H,24,37)(H,26,35)(H,27,33)(H,28,36)(H,30,34)(H3,21,23,29)(H3,22,25,38)/b9-4-/t7-,8+,10?,11-,12-/m0/s1. The molecular weight excluding hydrogens is 510 g/mol. The highest BCUT2D eigenvalue weighted by molar-refractivity contribution is 6.02. The SMILES string of the molecule is NC(=O)N/C=C1\NC(=O)[C@H](CO)NC(=O)C(CO)NC(=O)[C@@H](N)CNC(=O)[C@H]([C@H]2CCNC(N)=N2)NC1=O. The fourth-order valence-electron chi connectivity index (χ4n) is 3.31. The first kappa shape index (κ1) is 29.7. The lowest BCUT2D eigenvalue weighted by atomic mass is 10.0. The lowest BCUT2D eigenvalue weighted by molar-refractivity contribution is -0.134. The van der Waals surface area contributed by atoms with Crippen LogP contribution in [0, 0.1) is 0 Å². The van der Waals surface area contributed by atoms with Crippen LogP contribution in [-0.2, 0) is 24.0 Å². The minimum atomic E-state index is -1.67. The van der Waals surface area contributed by atoms with Gasteiger partial charge in [-0.05, 0) is 6.42 Å². The summed E-state index contributed by atoms with van der Waals surface area (Å²) in [6.07, 6.45) is 0.976. The molecule has 0 radical (unpaired) electrons. The average molecular weight is 542 g/mol. The molecule has 2 heterocycles. The number of nitrogens with zero attached hydrogens (tertiary/aromatic N) is 1. The van der Waals surface area contributed by atoms with Gasteiger partial charge in [-0.15, -0.1) is 0 Å². The maximum absolute atomic E-state index is 13.1. The Morgan fingerprint density at radius 2 is 1.61 bits per heavy atom. The molecule has 1 fully saturated rings. The van der Waals surface area contributed by atoms with E-state index in [0.29, 0.717) is 6.54 Å². The molecule has 7 amide bonds. The molecule has 0 bridgehead atoms. The van der Waals surface area contributed by atoms with Gasteiger partial charge in [0, 0.05) is 19.3 Å². The number of urea groups is 1. The molecule has 0 aromatic heterocycles. The molecule has 2 aliphatic heterocycles. The van der Waals surface area contributed by atoms with Crippen molar-refractivity contribution >= 4 is 41.5 Å². The number of rotatable bonds is 4. The van der Waals surface area contributed by atoms with Crippen LogP contribution in [0.25, 0.3) is 0 Å². The number of primary amides is 1. The second kappa shape index (κ2) is 13.7. The monoisotopic (exact) mass is 541 g/mol. The van der Waals surface area contributed by atoms with Crippen molar-refractivity contribution in [2.45, 2.75) is 36.6 Å². The first-order valence-corrected chi connectivity index (χ1v) is 11.3. The highest BCUT2D eigenvalue weighted by Crippen LogP contribution is 2.09. The number of nitrogens with two attached hydrogens (primary N) is 3. The Bertz CT molecular complexity index is 1020. The summed E-state index contributed by atoms with van der Waals surface area (Å²) in [7, 11) is 0. The number of aliphatic hydroxyl groups excluding tert-OH is 2. The Labute approximate surface area is 215 Å². The van der Waals surface area contributed by atoms with E-state index in [2.05, 4.69) is 36.9 Å². The van der Waals surface area contributed by atoms with Crippen molar-refractivity contribution in [1.82, 2.24) is 37.2 Å². The van der Waals surface area contributed by atoms with E-state index in [1.807, 2.05) is 5.32 Å². The normalized spacial score (nSPS) is 29.0. The molecule has 19 heteroatoms. The Kier molecular flexibility index (Phi) is 10.7. The van der Waals surface area contributed by atoms with Gasteiger partial charge in [0.15, 0.2) is 5.96 Å². The summed E-state index contributed by atoms with van der Waals surface area (Å²) in [5, 5.41) is 35.1. The van der Waals surface area contributed by atoms with Crippen LogP contribution in [0.5, 0.6) is 0 Å². The quantitative estimate of drug-likeness (QED) is 0.148. The van der Waals surface area contributed by atoms with Gasteiger partial charge in [-0.3, -0.25) is 24.0 Å². The molecule has 2 rings (SSSR count). The molecule has 0 aromatic carbocycles. The number of hydrogen-bond acceptors (Lipinski definition) is 12. The van der Waals surface area contributed by atoms with Crippen LogP contribution < -0.4 is 54.4 Å². The third-order valence-corrected chi connectivity index (χ3v) is 5.33. The Morgan fingerprint density at radius 1 is 0.974 bits per heavy atom. The minimum Gasteiger partial charge on any atom is -0.394 e. The third-order valence-electron chi connectivity index (χ3n) is 5.33. The molecule has 1 unspecified atom stereocenters. The molecule has 38 heavy (non-hydrogen) atoms. The van der Waals surface area contributed by atoms with Crippen molar-refractivity contribution in [3.63, 3.8) is 0 Å². The van der Waals surface area contributed by atoms with E-state index in [1.165, 1.54) is 0 Å². The second-order valence-corrected chi connectivity index (χ2v) is 8.14. The minimum absolute atomic E-state index is 0.00237. The van der Waals surface area contributed by atoms with E-state index in [-0.39, 0.29) is 12.4 Å². The van der Waals surface area contributed by atoms with Gasteiger partial charge in [-0.1, -0.05) is 0 Å². The molecule has 0 aliphatic carbocycles. The number of aliphatic imine (C=N–C) groups is 1. The van der Waals surface area contributed by atoms with Gasteiger partial charge in [0.25, 0.3) is 5.91 Å². The van der Waals surface area contributed by atoms with Gasteiger partial charge in [0.05, 0.1) is 19.3 Å². The summed E-state index contributed by atoms with van der Waals surface area (Å²) in [5.41, 5.74) is 15.9. The summed E-state index contributed by atoms with van der Waals surface area (Å²) in [6.45, 7) is -1.99. The van der Waals surface area contributed by atoms with Crippen molar-refractivity contribution in [2.75, 3.05) is 26.3 Å². The van der Waals surface area contributed by atoms with Crippen LogP contribution in [0.3, 0.4) is 0 Å². The van der Waals surface area contributed by atoms with Gasteiger partial charge >= 0.3 is 6.03 Å². The summed E-state index contributed by atoms with van der Waals surface area (Å²) < 4.78 is 0. The molecule has 19 nitrogen and oxygen atoms in total. The van der Waals surface area contributed by atoms with Crippen LogP contribution in [0.2, 0.25) is 0 Å². The molecule has 2 aliphatic rings. The fourth-order valence-corrected chi connectivity index (χ4v) is 3.31. The third kappa shape index (κ3) is 8.28. The Balaban J connectivity index is 2.48. The first-order valence-electron chi connectivity index (χ1n) is 11.3. The van der Waals surface area contributed by atoms with Crippen LogP contribution in [0.15, 0.2) is 16.9 Å². The topological polar surface area (TPSA) is 318 Å². The van der Waals surface area contributed by atoms with Gasteiger partial charge in [-0.25, -0.2) is 9.79 Å². The zero-order chi connectivity index (χ0) is 28.4.